The molecule has 1 heterocycles. The zero-order chi connectivity index (χ0) is 13.2. The maximum Gasteiger partial charge on any atom is 0.166 e. The summed E-state index contributed by atoms with van der Waals surface area (Å²) in [4.78, 5) is 19.5. The van der Waals surface area contributed by atoms with Gasteiger partial charge in [0.15, 0.2) is 5.16 Å². The summed E-state index contributed by atoms with van der Waals surface area (Å²) in [7, 11) is 0. The fourth-order valence-electron chi connectivity index (χ4n) is 2.66. The Labute approximate surface area is 117 Å². The summed E-state index contributed by atoms with van der Waals surface area (Å²) in [5.74, 6) is 1.73. The molecular formula is C15H18N2OS. The van der Waals surface area contributed by atoms with Crippen LogP contribution in [0.1, 0.15) is 31.2 Å². The number of ketones is 1. The Morgan fingerprint density at radius 2 is 2.37 bits per heavy atom. The topological polar surface area (TPSA) is 45.8 Å². The molecule has 1 saturated carbocycles. The summed E-state index contributed by atoms with van der Waals surface area (Å²) in [6.45, 7) is 2.08. The number of hydrogen-bond donors (Lipinski definition) is 1. The first-order chi connectivity index (χ1) is 9.22. The first kappa shape index (κ1) is 12.7. The molecule has 0 bridgehead atoms. The largest absolute Gasteiger partial charge is 0.333 e. The van der Waals surface area contributed by atoms with Crippen molar-refractivity contribution in [3.05, 3.63) is 23.8 Å². The Morgan fingerprint density at radius 3 is 3.16 bits per heavy atom. The van der Waals surface area contributed by atoms with Crippen LogP contribution in [-0.2, 0) is 4.79 Å². The number of Topliss-reactive ketones (excluding diaryl/α,β-unsaturated/α-hetero) is 1. The Morgan fingerprint density at radius 1 is 1.47 bits per heavy atom. The third-order valence-corrected chi connectivity index (χ3v) is 4.66. The average Bonchev–Trinajstić information content (AvgIpc) is 2.95. The second-order valence-corrected chi connectivity index (χ2v) is 6.34. The number of imidazole rings is 1. The predicted molar refractivity (Wildman–Crippen MR) is 78.5 cm³/mol. The molecule has 1 unspecified atom stereocenters. The molecule has 1 atom stereocenters. The van der Waals surface area contributed by atoms with Crippen molar-refractivity contribution in [1.82, 2.24) is 9.97 Å². The standard InChI is InChI=1S/C15H18N2OS/c1-10-5-6-12-13(9-10)17-15(16-12)19-8-7-11-3-2-4-14(11)18/h5-6,9,11H,2-4,7-8H2,1H3,(H,16,17). The van der Waals surface area contributed by atoms with E-state index in [2.05, 4.69) is 29.0 Å². The van der Waals surface area contributed by atoms with Crippen LogP contribution in [0.4, 0.5) is 0 Å². The van der Waals surface area contributed by atoms with Gasteiger partial charge in [-0.2, -0.15) is 0 Å². The van der Waals surface area contributed by atoms with Gasteiger partial charge >= 0.3 is 0 Å². The highest BCUT2D eigenvalue weighted by molar-refractivity contribution is 7.99. The van der Waals surface area contributed by atoms with Crippen molar-refractivity contribution in [3.63, 3.8) is 0 Å². The van der Waals surface area contributed by atoms with Crippen LogP contribution in [0.2, 0.25) is 0 Å². The second kappa shape index (κ2) is 5.37. The number of carbonyl (C=O) groups is 1. The highest BCUT2D eigenvalue weighted by Gasteiger charge is 2.23. The van der Waals surface area contributed by atoms with Gasteiger partial charge in [0.2, 0.25) is 0 Å². The minimum absolute atomic E-state index is 0.305. The normalized spacial score (nSPS) is 19.4. The maximum absolute atomic E-state index is 11.6. The zero-order valence-electron chi connectivity index (χ0n) is 11.1. The van der Waals surface area contributed by atoms with E-state index in [4.69, 9.17) is 0 Å². The van der Waals surface area contributed by atoms with Gasteiger partial charge in [-0.15, -0.1) is 0 Å². The monoisotopic (exact) mass is 274 g/mol. The van der Waals surface area contributed by atoms with Crippen LogP contribution in [-0.4, -0.2) is 21.5 Å². The van der Waals surface area contributed by atoms with Gasteiger partial charge in [-0.25, -0.2) is 4.98 Å². The van der Waals surface area contributed by atoms with Crippen molar-refractivity contribution in [2.45, 2.75) is 37.8 Å². The molecule has 0 amide bonds. The molecule has 1 fully saturated rings. The molecule has 1 aromatic carbocycles. The predicted octanol–water partition coefficient (Wildman–Crippen LogP) is 3.72. The van der Waals surface area contributed by atoms with E-state index in [1.54, 1.807) is 11.8 Å². The Hall–Kier alpha value is -1.29. The van der Waals surface area contributed by atoms with E-state index in [9.17, 15) is 4.79 Å². The lowest BCUT2D eigenvalue weighted by Gasteiger charge is -2.05. The van der Waals surface area contributed by atoms with E-state index in [1.165, 1.54) is 5.56 Å². The zero-order valence-corrected chi connectivity index (χ0v) is 11.9. The average molecular weight is 274 g/mol. The number of aryl methyl sites for hydroxylation is 1. The molecule has 100 valence electrons. The van der Waals surface area contributed by atoms with Crippen molar-refractivity contribution in [2.24, 2.45) is 5.92 Å². The number of thioether (sulfide) groups is 1. The van der Waals surface area contributed by atoms with Crippen LogP contribution in [0.3, 0.4) is 0 Å². The quantitative estimate of drug-likeness (QED) is 0.864. The highest BCUT2D eigenvalue weighted by atomic mass is 32.2. The second-order valence-electron chi connectivity index (χ2n) is 5.26. The van der Waals surface area contributed by atoms with Crippen LogP contribution in [0.5, 0.6) is 0 Å². The number of aromatic amines is 1. The van der Waals surface area contributed by atoms with Crippen molar-refractivity contribution >= 4 is 28.6 Å². The van der Waals surface area contributed by atoms with Gasteiger partial charge in [0.1, 0.15) is 5.78 Å². The number of hydrogen-bond acceptors (Lipinski definition) is 3. The minimum atomic E-state index is 0.305. The van der Waals surface area contributed by atoms with Crippen LogP contribution in [0, 0.1) is 12.8 Å². The molecule has 0 aliphatic heterocycles. The lowest BCUT2D eigenvalue weighted by molar-refractivity contribution is -0.120. The number of carbonyl (C=O) groups excluding carboxylic acids is 1. The number of aromatic nitrogens is 2. The Kier molecular flexibility index (Phi) is 3.60. The van der Waals surface area contributed by atoms with Gasteiger partial charge in [0.25, 0.3) is 0 Å². The van der Waals surface area contributed by atoms with Gasteiger partial charge in [-0.1, -0.05) is 17.8 Å². The smallest absolute Gasteiger partial charge is 0.166 e. The summed E-state index contributed by atoms with van der Waals surface area (Å²) in [6, 6.07) is 6.24. The molecule has 1 N–H and O–H groups in total. The van der Waals surface area contributed by atoms with Gasteiger partial charge in [-0.05, 0) is 43.9 Å². The van der Waals surface area contributed by atoms with E-state index in [0.29, 0.717) is 11.7 Å². The molecule has 3 nitrogen and oxygen atoms in total. The number of H-pyrrole nitrogens is 1. The number of benzene rings is 1. The summed E-state index contributed by atoms with van der Waals surface area (Å²) in [6.07, 6.45) is 3.94. The van der Waals surface area contributed by atoms with Crippen LogP contribution < -0.4 is 0 Å². The van der Waals surface area contributed by atoms with Gasteiger partial charge < -0.3 is 4.98 Å². The minimum Gasteiger partial charge on any atom is -0.333 e. The molecule has 1 aromatic heterocycles. The van der Waals surface area contributed by atoms with Gasteiger partial charge in [-0.3, -0.25) is 4.79 Å². The number of rotatable bonds is 4. The molecule has 0 saturated heterocycles. The first-order valence-corrected chi connectivity index (χ1v) is 7.83. The molecule has 0 radical (unpaired) electrons. The number of nitrogens with zero attached hydrogens (tertiary/aromatic N) is 1. The summed E-state index contributed by atoms with van der Waals surface area (Å²) >= 11 is 1.72. The third kappa shape index (κ3) is 2.84. The number of nitrogens with one attached hydrogen (secondary N) is 1. The lowest BCUT2D eigenvalue weighted by Crippen LogP contribution is -2.06. The van der Waals surface area contributed by atoms with Crippen LogP contribution in [0.25, 0.3) is 11.0 Å². The summed E-state index contributed by atoms with van der Waals surface area (Å²) in [5.41, 5.74) is 3.36. The molecule has 0 spiro atoms. The van der Waals surface area contributed by atoms with Crippen molar-refractivity contribution in [3.8, 4) is 0 Å². The van der Waals surface area contributed by atoms with E-state index in [0.717, 1.165) is 47.6 Å². The molecular weight excluding hydrogens is 256 g/mol. The molecule has 4 heteroatoms. The third-order valence-electron chi connectivity index (χ3n) is 3.75. The molecule has 3 rings (SSSR count). The van der Waals surface area contributed by atoms with E-state index < -0.39 is 0 Å². The Balaban J connectivity index is 1.60. The summed E-state index contributed by atoms with van der Waals surface area (Å²) in [5, 5.41) is 0.964. The highest BCUT2D eigenvalue weighted by Crippen LogP contribution is 2.28. The SMILES string of the molecule is Cc1ccc2nc(SCCC3CCCC3=O)[nH]c2c1. The molecule has 2 aromatic rings. The first-order valence-electron chi connectivity index (χ1n) is 6.84. The van der Waals surface area contributed by atoms with Crippen LogP contribution in [0.15, 0.2) is 23.4 Å². The van der Waals surface area contributed by atoms with Gasteiger partial charge in [0.05, 0.1) is 11.0 Å². The van der Waals surface area contributed by atoms with Crippen LogP contribution >= 0.6 is 11.8 Å². The lowest BCUT2D eigenvalue weighted by atomic mass is 10.1. The summed E-state index contributed by atoms with van der Waals surface area (Å²) < 4.78 is 0. The fraction of sp³-hybridized carbons (Fsp3) is 0.467. The fourth-order valence-corrected chi connectivity index (χ4v) is 3.60. The maximum atomic E-state index is 11.6. The van der Waals surface area contributed by atoms with Crippen molar-refractivity contribution in [1.29, 1.82) is 0 Å². The van der Waals surface area contributed by atoms with Gasteiger partial charge in [0, 0.05) is 18.1 Å². The molecule has 19 heavy (non-hydrogen) atoms. The Bertz CT molecular complexity index is 605. The van der Waals surface area contributed by atoms with Crippen molar-refractivity contribution in [2.75, 3.05) is 5.75 Å². The van der Waals surface area contributed by atoms with E-state index in [-0.39, 0.29) is 0 Å². The number of fused-ring (bicyclic) bond motifs is 1. The van der Waals surface area contributed by atoms with E-state index >= 15 is 0 Å². The van der Waals surface area contributed by atoms with E-state index in [1.807, 2.05) is 6.07 Å². The molecule has 1 aliphatic carbocycles. The molecule has 1 aliphatic rings. The van der Waals surface area contributed by atoms with Crippen molar-refractivity contribution < 1.29 is 4.79 Å².